The van der Waals surface area contributed by atoms with Gasteiger partial charge in [0.25, 0.3) is 5.91 Å². The van der Waals surface area contributed by atoms with Gasteiger partial charge in [-0.15, -0.1) is 0 Å². The fraction of sp³-hybridized carbons (Fsp3) is 0.857. The number of esters is 1. The van der Waals surface area contributed by atoms with E-state index in [1.54, 1.807) is 7.11 Å². The van der Waals surface area contributed by atoms with E-state index in [1.807, 2.05) is 20.8 Å². The maximum Gasteiger partial charge on any atom is 0.313 e. The lowest BCUT2D eigenvalue weighted by atomic mass is 9.66. The molecule has 1 heterocycles. The van der Waals surface area contributed by atoms with Gasteiger partial charge in [0.05, 0.1) is 5.41 Å². The fourth-order valence-electron chi connectivity index (χ4n) is 3.31. The Morgan fingerprint density at radius 2 is 2.05 bits per heavy atom. The lowest BCUT2D eigenvalue weighted by Crippen LogP contribution is -2.53. The van der Waals surface area contributed by atoms with E-state index in [4.69, 9.17) is 9.47 Å². The van der Waals surface area contributed by atoms with Gasteiger partial charge in [-0.25, -0.2) is 0 Å². The van der Waals surface area contributed by atoms with Crippen molar-refractivity contribution in [2.75, 3.05) is 20.3 Å². The minimum Gasteiger partial charge on any atom is -0.448 e. The molecular weight excluding hydrogens is 246 g/mol. The Labute approximate surface area is 114 Å². The highest BCUT2D eigenvalue weighted by Gasteiger charge is 2.75. The molecule has 1 aliphatic heterocycles. The Bertz CT molecular complexity index is 406. The summed E-state index contributed by atoms with van der Waals surface area (Å²) in [6.45, 7) is 6.97. The smallest absolute Gasteiger partial charge is 0.313 e. The molecule has 1 saturated carbocycles. The van der Waals surface area contributed by atoms with Gasteiger partial charge in [0.15, 0.2) is 5.60 Å². The van der Waals surface area contributed by atoms with Crippen LogP contribution in [-0.2, 0) is 19.1 Å². The first kappa shape index (κ1) is 14.3. The first-order valence-electron chi connectivity index (χ1n) is 6.82. The Kier molecular flexibility index (Phi) is 3.37. The van der Waals surface area contributed by atoms with E-state index in [0.29, 0.717) is 26.0 Å². The largest absolute Gasteiger partial charge is 0.448 e. The van der Waals surface area contributed by atoms with Gasteiger partial charge in [0.1, 0.15) is 0 Å². The summed E-state index contributed by atoms with van der Waals surface area (Å²) < 4.78 is 10.4. The van der Waals surface area contributed by atoms with Crippen LogP contribution >= 0.6 is 0 Å². The van der Waals surface area contributed by atoms with Crippen molar-refractivity contribution < 1.29 is 19.1 Å². The van der Waals surface area contributed by atoms with E-state index in [1.165, 1.54) is 0 Å². The predicted octanol–water partition coefficient (Wildman–Crippen LogP) is 1.26. The molecule has 2 fully saturated rings. The molecule has 5 heteroatoms. The van der Waals surface area contributed by atoms with Gasteiger partial charge in [0, 0.05) is 25.7 Å². The maximum absolute atomic E-state index is 12.5. The molecular formula is C14H23NO4. The minimum atomic E-state index is -0.994. The zero-order chi connectivity index (χ0) is 14.3. The Morgan fingerprint density at radius 1 is 1.37 bits per heavy atom. The molecule has 2 bridgehead atoms. The highest BCUT2D eigenvalue weighted by atomic mass is 16.6. The van der Waals surface area contributed by atoms with Crippen LogP contribution in [0.5, 0.6) is 0 Å². The third-order valence-corrected chi connectivity index (χ3v) is 5.26. The van der Waals surface area contributed by atoms with E-state index < -0.39 is 16.4 Å². The number of amides is 1. The highest BCUT2D eigenvalue weighted by molar-refractivity contribution is 5.96. The second kappa shape index (κ2) is 4.47. The Hall–Kier alpha value is -1.10. The summed E-state index contributed by atoms with van der Waals surface area (Å²) in [5.74, 6) is -0.404. The van der Waals surface area contributed by atoms with Gasteiger partial charge >= 0.3 is 5.97 Å². The van der Waals surface area contributed by atoms with Crippen molar-refractivity contribution in [3.05, 3.63) is 0 Å². The molecule has 2 aliphatic rings. The van der Waals surface area contributed by atoms with Gasteiger partial charge in [0.2, 0.25) is 0 Å². The summed E-state index contributed by atoms with van der Waals surface area (Å²) in [6, 6.07) is 0. The van der Waals surface area contributed by atoms with Gasteiger partial charge in [-0.3, -0.25) is 9.59 Å². The first-order chi connectivity index (χ1) is 8.82. The van der Waals surface area contributed by atoms with Crippen molar-refractivity contribution in [3.8, 4) is 0 Å². The van der Waals surface area contributed by atoms with E-state index >= 15 is 0 Å². The molecule has 2 atom stereocenters. The molecule has 1 amide bonds. The molecule has 1 aliphatic carbocycles. The van der Waals surface area contributed by atoms with Crippen molar-refractivity contribution in [2.24, 2.45) is 10.8 Å². The summed E-state index contributed by atoms with van der Waals surface area (Å²) in [5, 5.41) is 2.88. The van der Waals surface area contributed by atoms with Crippen LogP contribution in [0.25, 0.3) is 0 Å². The molecule has 0 aromatic heterocycles. The minimum absolute atomic E-state index is 0.164. The number of hydrogen-bond donors (Lipinski definition) is 1. The molecule has 2 rings (SSSR count). The number of carbonyl (C=O) groups is 2. The molecule has 0 radical (unpaired) electrons. The number of rotatable bonds is 5. The van der Waals surface area contributed by atoms with Crippen molar-refractivity contribution >= 4 is 11.9 Å². The quantitative estimate of drug-likeness (QED) is 0.603. The second-order valence-electron chi connectivity index (χ2n) is 6.28. The van der Waals surface area contributed by atoms with Crippen LogP contribution in [0.1, 0.15) is 40.0 Å². The molecule has 5 nitrogen and oxygen atoms in total. The third kappa shape index (κ3) is 1.71. The highest BCUT2D eigenvalue weighted by Crippen LogP contribution is 2.65. The first-order valence-corrected chi connectivity index (χ1v) is 6.82. The monoisotopic (exact) mass is 269 g/mol. The van der Waals surface area contributed by atoms with Gasteiger partial charge in [-0.1, -0.05) is 13.8 Å². The maximum atomic E-state index is 12.5. The molecule has 108 valence electrons. The predicted molar refractivity (Wildman–Crippen MR) is 69.4 cm³/mol. The van der Waals surface area contributed by atoms with Crippen molar-refractivity contribution in [2.45, 2.75) is 45.6 Å². The Morgan fingerprint density at radius 3 is 2.53 bits per heavy atom. The number of nitrogens with one attached hydrogen (secondary N) is 1. The second-order valence-corrected chi connectivity index (χ2v) is 6.28. The Balaban J connectivity index is 2.11. The summed E-state index contributed by atoms with van der Waals surface area (Å²) in [5.41, 5.74) is -2.01. The lowest BCUT2D eigenvalue weighted by molar-refractivity contribution is -0.168. The van der Waals surface area contributed by atoms with Crippen LogP contribution in [-0.4, -0.2) is 37.7 Å². The van der Waals surface area contributed by atoms with Crippen LogP contribution in [0.3, 0.4) is 0 Å². The van der Waals surface area contributed by atoms with E-state index in [2.05, 4.69) is 5.32 Å². The average Bonchev–Trinajstić information content (AvgIpc) is 2.65. The molecule has 0 unspecified atom stereocenters. The van der Waals surface area contributed by atoms with Crippen LogP contribution in [0.15, 0.2) is 0 Å². The molecule has 0 aromatic carbocycles. The van der Waals surface area contributed by atoms with Gasteiger partial charge in [-0.2, -0.15) is 0 Å². The molecule has 1 saturated heterocycles. The number of hydrogen-bond acceptors (Lipinski definition) is 4. The van der Waals surface area contributed by atoms with Crippen LogP contribution < -0.4 is 5.32 Å². The third-order valence-electron chi connectivity index (χ3n) is 5.26. The van der Waals surface area contributed by atoms with Gasteiger partial charge < -0.3 is 14.8 Å². The molecule has 19 heavy (non-hydrogen) atoms. The number of fused-ring (bicyclic) bond motifs is 2. The van der Waals surface area contributed by atoms with E-state index in [-0.39, 0.29) is 11.9 Å². The molecule has 0 aromatic rings. The van der Waals surface area contributed by atoms with Crippen molar-refractivity contribution in [3.63, 3.8) is 0 Å². The average molecular weight is 269 g/mol. The molecule has 0 spiro atoms. The normalized spacial score (nSPS) is 35.3. The van der Waals surface area contributed by atoms with E-state index in [0.717, 1.165) is 6.42 Å². The number of methoxy groups -OCH3 is 1. The lowest BCUT2D eigenvalue weighted by Gasteiger charge is -2.35. The van der Waals surface area contributed by atoms with Crippen LogP contribution in [0.2, 0.25) is 0 Å². The number of ether oxygens (including phenoxy) is 2. The summed E-state index contributed by atoms with van der Waals surface area (Å²) in [4.78, 5) is 24.5. The fourth-order valence-corrected chi connectivity index (χ4v) is 3.31. The summed E-state index contributed by atoms with van der Waals surface area (Å²) in [7, 11) is 1.63. The van der Waals surface area contributed by atoms with Crippen molar-refractivity contribution in [1.82, 2.24) is 5.32 Å². The van der Waals surface area contributed by atoms with Crippen molar-refractivity contribution in [1.29, 1.82) is 0 Å². The van der Waals surface area contributed by atoms with Crippen LogP contribution in [0.4, 0.5) is 0 Å². The molecule has 1 N–H and O–H groups in total. The SMILES string of the molecule is COCCCNC(=O)[C@]12CC[C@](C)(C(=O)O1)C2(C)C. The van der Waals surface area contributed by atoms with E-state index in [9.17, 15) is 9.59 Å². The number of carbonyl (C=O) groups excluding carboxylic acids is 2. The summed E-state index contributed by atoms with van der Waals surface area (Å²) >= 11 is 0. The van der Waals surface area contributed by atoms with Gasteiger partial charge in [-0.05, 0) is 26.2 Å². The van der Waals surface area contributed by atoms with Crippen LogP contribution in [0, 0.1) is 10.8 Å². The zero-order valence-corrected chi connectivity index (χ0v) is 12.2. The standard InChI is InChI=1S/C14H23NO4/c1-12(2)13(3)6-7-14(12,19-11(13)17)10(16)15-8-5-9-18-4/h5-9H2,1-4H3,(H,15,16)/t13-,14+/m1/s1. The topological polar surface area (TPSA) is 64.6 Å². The zero-order valence-electron chi connectivity index (χ0n) is 12.2. The summed E-state index contributed by atoms with van der Waals surface area (Å²) in [6.07, 6.45) is 2.08.